The Morgan fingerprint density at radius 3 is 2.05 bits per heavy atom. The number of anilines is 2. The number of hydrogen-bond acceptors (Lipinski definition) is 2. The van der Waals surface area contributed by atoms with Crippen LogP contribution in [0.2, 0.25) is 0 Å². The molecule has 61 heavy (non-hydrogen) atoms. The van der Waals surface area contributed by atoms with Crippen LogP contribution in [0.5, 0.6) is 0 Å². The van der Waals surface area contributed by atoms with Crippen LogP contribution in [0.1, 0.15) is 48.8 Å². The summed E-state index contributed by atoms with van der Waals surface area (Å²) in [6, 6.07) is 67.7. The van der Waals surface area contributed by atoms with E-state index in [9.17, 15) is 0 Å². The van der Waals surface area contributed by atoms with Gasteiger partial charge in [-0.3, -0.25) is 0 Å². The summed E-state index contributed by atoms with van der Waals surface area (Å²) in [5.74, 6) is 0.294. The Balaban J connectivity index is 0.877. The average molecular weight is 801 g/mol. The van der Waals surface area contributed by atoms with Gasteiger partial charge in [-0.25, -0.2) is 0 Å². The molecule has 1 unspecified atom stereocenters. The molecule has 1 atom stereocenters. The molecule has 0 N–H and O–H groups in total. The Morgan fingerprint density at radius 1 is 0.525 bits per heavy atom. The Kier molecular flexibility index (Phi) is 8.64. The maximum atomic E-state index is 2.47. The first-order valence-corrected chi connectivity index (χ1v) is 22.6. The van der Waals surface area contributed by atoms with E-state index in [1.165, 1.54) is 122 Å². The fourth-order valence-corrected chi connectivity index (χ4v) is 11.3. The van der Waals surface area contributed by atoms with Gasteiger partial charge in [-0.2, -0.15) is 0 Å². The summed E-state index contributed by atoms with van der Waals surface area (Å²) in [7, 11) is 0. The van der Waals surface area contributed by atoms with Gasteiger partial charge >= 0.3 is 0 Å². The lowest BCUT2D eigenvalue weighted by Crippen LogP contribution is -2.15. The van der Waals surface area contributed by atoms with E-state index in [0.717, 1.165) is 12.8 Å². The summed E-state index contributed by atoms with van der Waals surface area (Å²) in [4.78, 5) is 2.47. The van der Waals surface area contributed by atoms with E-state index < -0.39 is 0 Å². The first-order valence-electron chi connectivity index (χ1n) is 21.7. The third-order valence-corrected chi connectivity index (χ3v) is 14.4. The summed E-state index contributed by atoms with van der Waals surface area (Å²) in [5.41, 5.74) is 18.0. The quantitative estimate of drug-likeness (QED) is 0.149. The molecule has 3 heteroatoms. The highest BCUT2D eigenvalue weighted by atomic mass is 32.1. The lowest BCUT2D eigenvalue weighted by atomic mass is 9.84. The predicted octanol–water partition coefficient (Wildman–Crippen LogP) is 16.4. The van der Waals surface area contributed by atoms with E-state index in [-0.39, 0.29) is 0 Å². The zero-order valence-corrected chi connectivity index (χ0v) is 35.0. The van der Waals surface area contributed by atoms with Gasteiger partial charge in [-0.15, -0.1) is 11.3 Å². The number of allylic oxidation sites excluding steroid dienone is 4. The first-order chi connectivity index (χ1) is 30.2. The second-order valence-corrected chi connectivity index (χ2v) is 17.7. The van der Waals surface area contributed by atoms with Gasteiger partial charge in [0, 0.05) is 59.6 Å². The molecule has 0 saturated carbocycles. The van der Waals surface area contributed by atoms with Gasteiger partial charge < -0.3 is 9.47 Å². The Bertz CT molecular complexity index is 3360. The van der Waals surface area contributed by atoms with Crippen LogP contribution in [-0.4, -0.2) is 4.57 Å². The topological polar surface area (TPSA) is 8.17 Å². The Labute approximate surface area is 361 Å². The van der Waals surface area contributed by atoms with E-state index in [1.807, 2.05) is 11.3 Å². The number of nitrogens with zero attached hydrogens (tertiary/aromatic N) is 2. The van der Waals surface area contributed by atoms with Crippen LogP contribution >= 0.6 is 11.3 Å². The smallest absolute Gasteiger partial charge is 0.0541 e. The van der Waals surface area contributed by atoms with Crippen LogP contribution < -0.4 is 4.90 Å². The van der Waals surface area contributed by atoms with Gasteiger partial charge in [0.1, 0.15) is 0 Å². The molecule has 8 aromatic carbocycles. The molecule has 1 aliphatic carbocycles. The molecule has 2 nitrogen and oxygen atoms in total. The van der Waals surface area contributed by atoms with E-state index in [2.05, 4.69) is 211 Å². The molecule has 0 saturated heterocycles. The minimum absolute atomic E-state index is 0.294. The van der Waals surface area contributed by atoms with Crippen LogP contribution in [0.25, 0.3) is 75.5 Å². The number of aromatic nitrogens is 1. The molecular formula is C58H44N2S. The number of rotatable bonds is 8. The monoisotopic (exact) mass is 800 g/mol. The molecule has 0 radical (unpaired) electrons. The van der Waals surface area contributed by atoms with Gasteiger partial charge in [-0.05, 0) is 131 Å². The highest BCUT2D eigenvalue weighted by molar-refractivity contribution is 7.26. The van der Waals surface area contributed by atoms with Crippen molar-refractivity contribution in [3.63, 3.8) is 0 Å². The molecule has 3 heterocycles. The second kappa shape index (κ2) is 14.7. The number of fused-ring (bicyclic) bond motifs is 9. The number of hydrogen-bond donors (Lipinski definition) is 0. The van der Waals surface area contributed by atoms with E-state index >= 15 is 0 Å². The van der Waals surface area contributed by atoms with Crippen molar-refractivity contribution in [1.29, 1.82) is 0 Å². The molecule has 292 valence electrons. The standard InChI is InChI=1S/C58H44N2S/c1-2-3-12-41-15-11-18-49-52-37-42(27-34-57(52)61-58(41)49)40-23-30-46(31-24-40)60-54-20-10-8-17-48(54)51-36-44(26-33-56(51)60)43-25-32-55-50(35-43)47-16-7-9-19-53(47)59(55)45-28-21-39(22-29-45)38-13-5-4-6-14-38/h4-11,13-34,36-37,50H,2-3,12,35H2,1H3. The minimum atomic E-state index is 0.294. The number of unbranched alkanes of at least 4 members (excludes halogenated alkanes) is 1. The molecule has 1 aliphatic heterocycles. The molecule has 0 spiro atoms. The first kappa shape index (κ1) is 36.0. The number of benzene rings is 8. The Hall–Kier alpha value is -6.94. The predicted molar refractivity (Wildman–Crippen MR) is 262 cm³/mol. The molecule has 2 aliphatic rings. The van der Waals surface area contributed by atoms with Crippen molar-refractivity contribution in [3.8, 4) is 27.9 Å². The third-order valence-electron chi connectivity index (χ3n) is 13.2. The number of thiophene rings is 1. The van der Waals surface area contributed by atoms with Crippen molar-refractivity contribution in [1.82, 2.24) is 4.57 Å². The fourth-order valence-electron chi connectivity index (χ4n) is 10.1. The zero-order valence-electron chi connectivity index (χ0n) is 34.2. The number of aryl methyl sites for hydroxylation is 1. The summed E-state index contributed by atoms with van der Waals surface area (Å²) in [6.45, 7) is 2.28. The normalized spacial score (nSPS) is 14.8. The minimum Gasteiger partial charge on any atom is -0.313 e. The molecular weight excluding hydrogens is 757 g/mol. The van der Waals surface area contributed by atoms with Gasteiger partial charge in [0.25, 0.3) is 0 Å². The zero-order chi connectivity index (χ0) is 40.4. The van der Waals surface area contributed by atoms with Crippen molar-refractivity contribution < 1.29 is 0 Å². The number of para-hydroxylation sites is 2. The summed E-state index contributed by atoms with van der Waals surface area (Å²) in [5, 5.41) is 5.31. The van der Waals surface area contributed by atoms with Crippen molar-refractivity contribution in [2.75, 3.05) is 4.90 Å². The second-order valence-electron chi connectivity index (χ2n) is 16.7. The van der Waals surface area contributed by atoms with Crippen LogP contribution in [0.3, 0.4) is 0 Å². The summed E-state index contributed by atoms with van der Waals surface area (Å²) >= 11 is 1.94. The van der Waals surface area contributed by atoms with Gasteiger partial charge in [-0.1, -0.05) is 141 Å². The molecule has 10 aromatic rings. The van der Waals surface area contributed by atoms with Gasteiger partial charge in [0.2, 0.25) is 0 Å². The molecule has 0 amide bonds. The lowest BCUT2D eigenvalue weighted by molar-refractivity contribution is 0.799. The largest absolute Gasteiger partial charge is 0.313 e. The maximum absolute atomic E-state index is 2.47. The maximum Gasteiger partial charge on any atom is 0.0541 e. The van der Waals surface area contributed by atoms with Crippen LogP contribution in [0, 0.1) is 0 Å². The SMILES string of the molecule is CCCCc1cccc2c1sc1ccc(-c3ccc(-n4c5ccccc5c5cc(C6=CC=C7C(C6)c6ccccc6N7c6ccc(-c7ccccc7)cc6)ccc54)cc3)cc12. The molecule has 0 bridgehead atoms. The van der Waals surface area contributed by atoms with Crippen LogP contribution in [0.15, 0.2) is 200 Å². The molecule has 12 rings (SSSR count). The summed E-state index contributed by atoms with van der Waals surface area (Å²) in [6.07, 6.45) is 9.29. The summed E-state index contributed by atoms with van der Waals surface area (Å²) < 4.78 is 5.25. The average Bonchev–Trinajstić information content (AvgIpc) is 3.98. The van der Waals surface area contributed by atoms with Crippen LogP contribution in [-0.2, 0) is 6.42 Å². The van der Waals surface area contributed by atoms with Crippen molar-refractivity contribution in [3.05, 3.63) is 217 Å². The van der Waals surface area contributed by atoms with Crippen molar-refractivity contribution >= 4 is 70.3 Å². The van der Waals surface area contributed by atoms with Crippen molar-refractivity contribution in [2.24, 2.45) is 0 Å². The Morgan fingerprint density at radius 2 is 1.20 bits per heavy atom. The highest BCUT2D eigenvalue weighted by Crippen LogP contribution is 2.53. The van der Waals surface area contributed by atoms with Crippen molar-refractivity contribution in [2.45, 2.75) is 38.5 Å². The van der Waals surface area contributed by atoms with E-state index in [4.69, 9.17) is 0 Å². The van der Waals surface area contributed by atoms with E-state index in [1.54, 1.807) is 0 Å². The molecule has 2 aromatic heterocycles. The molecule has 0 fully saturated rings. The van der Waals surface area contributed by atoms with Gasteiger partial charge in [0.15, 0.2) is 0 Å². The lowest BCUT2D eigenvalue weighted by Gasteiger charge is -2.26. The highest BCUT2D eigenvalue weighted by Gasteiger charge is 2.36. The fraction of sp³-hybridized carbons (Fsp3) is 0.103. The van der Waals surface area contributed by atoms with Crippen LogP contribution in [0.4, 0.5) is 11.4 Å². The van der Waals surface area contributed by atoms with Gasteiger partial charge in [0.05, 0.1) is 11.0 Å². The van der Waals surface area contributed by atoms with E-state index in [0.29, 0.717) is 5.92 Å². The third kappa shape index (κ3) is 5.98.